The molecule has 2 aromatic heterocycles. The summed E-state index contributed by atoms with van der Waals surface area (Å²) in [7, 11) is 0. The van der Waals surface area contributed by atoms with Crippen LogP contribution in [0.15, 0.2) is 30.2 Å². The van der Waals surface area contributed by atoms with Crippen molar-refractivity contribution in [2.24, 2.45) is 0 Å². The molecule has 2 heterocycles. The fourth-order valence-corrected chi connectivity index (χ4v) is 2.15. The van der Waals surface area contributed by atoms with Gasteiger partial charge in [0.1, 0.15) is 19.2 Å². The minimum atomic E-state index is -1.09. The van der Waals surface area contributed by atoms with Crippen molar-refractivity contribution in [3.8, 4) is 0 Å². The van der Waals surface area contributed by atoms with Gasteiger partial charge in [-0.1, -0.05) is 6.07 Å². The number of nitrogens with zero attached hydrogens (tertiary/aromatic N) is 3. The van der Waals surface area contributed by atoms with Crippen LogP contribution in [0.5, 0.6) is 0 Å². The number of aliphatic carboxylic acids is 1. The van der Waals surface area contributed by atoms with Crippen molar-refractivity contribution in [2.75, 3.05) is 0 Å². The lowest BCUT2D eigenvalue weighted by atomic mass is 10.2. The number of nitrogens with one attached hydrogen (secondary N) is 1. The van der Waals surface area contributed by atoms with E-state index in [0.717, 1.165) is 0 Å². The molecule has 7 nitrogen and oxygen atoms in total. The Morgan fingerprint density at radius 3 is 2.94 bits per heavy atom. The normalized spacial score (nSPS) is 12.0. The lowest BCUT2D eigenvalue weighted by Gasteiger charge is -2.12. The zero-order chi connectivity index (χ0) is 13.0. The summed E-state index contributed by atoms with van der Waals surface area (Å²) < 4.78 is 1.32. The minimum absolute atomic E-state index is 0.0604. The molecule has 0 aliphatic carbocycles. The van der Waals surface area contributed by atoms with Crippen molar-refractivity contribution in [3.05, 3.63) is 35.0 Å². The summed E-state index contributed by atoms with van der Waals surface area (Å²) in [5.41, 5.74) is 0. The van der Waals surface area contributed by atoms with E-state index in [2.05, 4.69) is 15.4 Å². The Hall–Kier alpha value is -2.22. The number of rotatable bonds is 5. The van der Waals surface area contributed by atoms with Crippen LogP contribution in [0.4, 0.5) is 0 Å². The van der Waals surface area contributed by atoms with Crippen molar-refractivity contribution < 1.29 is 14.7 Å². The van der Waals surface area contributed by atoms with Crippen LogP contribution in [-0.4, -0.2) is 31.7 Å². The van der Waals surface area contributed by atoms with E-state index < -0.39 is 17.9 Å². The highest BCUT2D eigenvalue weighted by Crippen LogP contribution is 2.19. The summed E-state index contributed by atoms with van der Waals surface area (Å²) in [5.74, 6) is -1.52. The molecule has 2 aromatic rings. The van der Waals surface area contributed by atoms with Crippen LogP contribution in [-0.2, 0) is 16.1 Å². The van der Waals surface area contributed by atoms with Gasteiger partial charge in [-0.15, -0.1) is 11.3 Å². The van der Waals surface area contributed by atoms with Gasteiger partial charge < -0.3 is 10.4 Å². The topological polar surface area (TPSA) is 97.1 Å². The number of carboxylic acid groups (broad SMARTS) is 1. The standard InChI is InChI=1S/C10H10N4O3S/c15-8(4-14-6-11-5-12-14)13-9(10(16)17)7-2-1-3-18-7/h1-3,5-6,9H,4H2,(H,13,15)(H,16,17). The average Bonchev–Trinajstić information content (AvgIpc) is 2.97. The van der Waals surface area contributed by atoms with E-state index >= 15 is 0 Å². The molecule has 0 aromatic carbocycles. The maximum absolute atomic E-state index is 11.7. The SMILES string of the molecule is O=C(Cn1cncn1)NC(C(=O)O)c1cccs1. The summed E-state index contributed by atoms with van der Waals surface area (Å²) in [6, 6.07) is 2.37. The molecule has 0 saturated heterocycles. The number of carbonyl (C=O) groups is 2. The second-order valence-electron chi connectivity index (χ2n) is 3.45. The largest absolute Gasteiger partial charge is 0.479 e. The Labute approximate surface area is 106 Å². The molecule has 0 fully saturated rings. The molecule has 1 unspecified atom stereocenters. The molecule has 94 valence electrons. The van der Waals surface area contributed by atoms with Gasteiger partial charge in [0.2, 0.25) is 5.91 Å². The third-order valence-corrected chi connectivity index (χ3v) is 3.09. The molecule has 0 saturated carbocycles. The van der Waals surface area contributed by atoms with Crippen molar-refractivity contribution in [3.63, 3.8) is 0 Å². The molecule has 2 rings (SSSR count). The zero-order valence-electron chi connectivity index (χ0n) is 9.18. The van der Waals surface area contributed by atoms with E-state index in [-0.39, 0.29) is 6.54 Å². The highest BCUT2D eigenvalue weighted by molar-refractivity contribution is 7.10. The number of carbonyl (C=O) groups excluding carboxylic acids is 1. The molecule has 0 radical (unpaired) electrons. The van der Waals surface area contributed by atoms with Gasteiger partial charge in [0.25, 0.3) is 0 Å². The van der Waals surface area contributed by atoms with Crippen LogP contribution in [0.25, 0.3) is 0 Å². The highest BCUT2D eigenvalue weighted by atomic mass is 32.1. The monoisotopic (exact) mass is 266 g/mol. The van der Waals surface area contributed by atoms with Gasteiger partial charge >= 0.3 is 5.97 Å². The Kier molecular flexibility index (Phi) is 3.68. The number of amides is 1. The first-order valence-electron chi connectivity index (χ1n) is 5.05. The van der Waals surface area contributed by atoms with Gasteiger partial charge in [-0.05, 0) is 11.4 Å². The van der Waals surface area contributed by atoms with Crippen LogP contribution < -0.4 is 5.32 Å². The quantitative estimate of drug-likeness (QED) is 0.810. The van der Waals surface area contributed by atoms with E-state index in [4.69, 9.17) is 5.11 Å². The van der Waals surface area contributed by atoms with Crippen LogP contribution in [0.3, 0.4) is 0 Å². The van der Waals surface area contributed by atoms with Crippen molar-refractivity contribution >= 4 is 23.2 Å². The van der Waals surface area contributed by atoms with Gasteiger partial charge in [-0.3, -0.25) is 4.79 Å². The minimum Gasteiger partial charge on any atom is -0.479 e. The molecule has 0 bridgehead atoms. The van der Waals surface area contributed by atoms with E-state index in [1.807, 2.05) is 0 Å². The van der Waals surface area contributed by atoms with Gasteiger partial charge in [0.05, 0.1) is 0 Å². The van der Waals surface area contributed by atoms with Crippen LogP contribution >= 0.6 is 11.3 Å². The van der Waals surface area contributed by atoms with Gasteiger partial charge in [0.15, 0.2) is 6.04 Å². The highest BCUT2D eigenvalue weighted by Gasteiger charge is 2.22. The molecule has 18 heavy (non-hydrogen) atoms. The predicted octanol–water partition coefficient (Wildman–Crippen LogP) is 0.282. The predicted molar refractivity (Wildman–Crippen MR) is 62.9 cm³/mol. The molecular weight excluding hydrogens is 256 g/mol. The van der Waals surface area contributed by atoms with Gasteiger partial charge in [-0.2, -0.15) is 5.10 Å². The lowest BCUT2D eigenvalue weighted by molar-refractivity contribution is -0.142. The summed E-state index contributed by atoms with van der Waals surface area (Å²) >= 11 is 1.28. The van der Waals surface area contributed by atoms with Crippen molar-refractivity contribution in [2.45, 2.75) is 12.6 Å². The van der Waals surface area contributed by atoms with Gasteiger partial charge in [0, 0.05) is 4.88 Å². The molecule has 0 aliphatic rings. The molecule has 2 N–H and O–H groups in total. The molecule has 8 heteroatoms. The van der Waals surface area contributed by atoms with E-state index in [1.165, 1.54) is 28.7 Å². The molecule has 1 atom stereocenters. The third kappa shape index (κ3) is 2.92. The van der Waals surface area contributed by atoms with E-state index in [1.54, 1.807) is 17.5 Å². The van der Waals surface area contributed by atoms with E-state index in [0.29, 0.717) is 4.88 Å². The Balaban J connectivity index is 2.01. The summed E-state index contributed by atoms with van der Waals surface area (Å²) in [6.45, 7) is -0.0604. The summed E-state index contributed by atoms with van der Waals surface area (Å²) in [5, 5.41) is 17.0. The molecular formula is C10H10N4O3S. The molecule has 0 aliphatic heterocycles. The fourth-order valence-electron chi connectivity index (χ4n) is 1.38. The zero-order valence-corrected chi connectivity index (χ0v) is 10.0. The maximum atomic E-state index is 11.7. The maximum Gasteiger partial charge on any atom is 0.331 e. The smallest absolute Gasteiger partial charge is 0.331 e. The first-order valence-corrected chi connectivity index (χ1v) is 5.93. The Morgan fingerprint density at radius 2 is 2.39 bits per heavy atom. The second kappa shape index (κ2) is 5.41. The summed E-state index contributed by atoms with van der Waals surface area (Å²) in [6.07, 6.45) is 2.70. The first kappa shape index (κ1) is 12.2. The molecule has 1 amide bonds. The number of carboxylic acids is 1. The fraction of sp³-hybridized carbons (Fsp3) is 0.200. The van der Waals surface area contributed by atoms with Crippen molar-refractivity contribution in [1.82, 2.24) is 20.1 Å². The number of hydrogen-bond acceptors (Lipinski definition) is 5. The van der Waals surface area contributed by atoms with Gasteiger partial charge in [-0.25, -0.2) is 14.5 Å². The van der Waals surface area contributed by atoms with Crippen LogP contribution in [0.2, 0.25) is 0 Å². The van der Waals surface area contributed by atoms with Crippen LogP contribution in [0, 0.1) is 0 Å². The lowest BCUT2D eigenvalue weighted by Crippen LogP contribution is -2.35. The number of aromatic nitrogens is 3. The third-order valence-electron chi connectivity index (χ3n) is 2.15. The second-order valence-corrected chi connectivity index (χ2v) is 4.43. The summed E-state index contributed by atoms with van der Waals surface area (Å²) in [4.78, 5) is 27.0. The van der Waals surface area contributed by atoms with Crippen LogP contribution in [0.1, 0.15) is 10.9 Å². The van der Waals surface area contributed by atoms with E-state index in [9.17, 15) is 9.59 Å². The van der Waals surface area contributed by atoms with Crippen molar-refractivity contribution in [1.29, 1.82) is 0 Å². The molecule has 0 spiro atoms. The average molecular weight is 266 g/mol. The Morgan fingerprint density at radius 1 is 1.56 bits per heavy atom. The number of thiophene rings is 1. The Bertz CT molecular complexity index is 523. The first-order chi connectivity index (χ1) is 8.66. The number of hydrogen-bond donors (Lipinski definition) is 2.